The van der Waals surface area contributed by atoms with Gasteiger partial charge in [-0.05, 0) is 55.2 Å². The summed E-state index contributed by atoms with van der Waals surface area (Å²) < 4.78 is 11.6. The molecule has 0 aliphatic rings. The molecular formula is C29H32N4O4. The summed E-state index contributed by atoms with van der Waals surface area (Å²) in [6.45, 7) is 10.8. The van der Waals surface area contributed by atoms with E-state index in [1.54, 1.807) is 36.7 Å². The van der Waals surface area contributed by atoms with E-state index in [1.807, 2.05) is 38.1 Å². The molecule has 0 aliphatic carbocycles. The second kappa shape index (κ2) is 10.7. The smallest absolute Gasteiger partial charge is 0.255 e. The molecule has 0 bridgehead atoms. The Morgan fingerprint density at radius 1 is 0.811 bits per heavy atom. The Kier molecular flexibility index (Phi) is 7.47. The number of anilines is 2. The lowest BCUT2D eigenvalue weighted by atomic mass is 9.87. The van der Waals surface area contributed by atoms with Gasteiger partial charge in [-0.15, -0.1) is 0 Å². The summed E-state index contributed by atoms with van der Waals surface area (Å²) in [6, 6.07) is 16.1. The summed E-state index contributed by atoms with van der Waals surface area (Å²) >= 11 is 0. The fourth-order valence-electron chi connectivity index (χ4n) is 3.89. The zero-order valence-corrected chi connectivity index (χ0v) is 21.8. The first-order valence-corrected chi connectivity index (χ1v) is 12.3. The van der Waals surface area contributed by atoms with E-state index in [9.17, 15) is 9.59 Å². The van der Waals surface area contributed by atoms with Crippen LogP contribution in [0.25, 0.3) is 11.0 Å². The maximum Gasteiger partial charge on any atom is 0.255 e. The van der Waals surface area contributed by atoms with Gasteiger partial charge in [-0.2, -0.15) is 0 Å². The standard InChI is InChI=1S/C29H32N4O4/c1-6-36-25-16-24(33-28(35)19-10-13-21-22(14-19)31-17-30-21)26(37-7-2)15-23(25)32-27(34)18-8-11-20(12-9-18)29(3,4)5/h8-17H,6-7H2,1-5H3,(H,30,31)(H,32,34)(H,33,35). The lowest BCUT2D eigenvalue weighted by Crippen LogP contribution is -2.16. The fourth-order valence-corrected chi connectivity index (χ4v) is 3.89. The zero-order valence-electron chi connectivity index (χ0n) is 21.8. The van der Waals surface area contributed by atoms with E-state index in [0.717, 1.165) is 16.6 Å². The highest BCUT2D eigenvalue weighted by molar-refractivity contribution is 6.08. The number of H-pyrrole nitrogens is 1. The largest absolute Gasteiger partial charge is 0.492 e. The molecule has 3 aromatic carbocycles. The van der Waals surface area contributed by atoms with Gasteiger partial charge < -0.3 is 25.1 Å². The van der Waals surface area contributed by atoms with E-state index < -0.39 is 0 Å². The van der Waals surface area contributed by atoms with Gasteiger partial charge in [-0.25, -0.2) is 4.98 Å². The molecule has 0 aliphatic heterocycles. The van der Waals surface area contributed by atoms with Crippen molar-refractivity contribution in [2.75, 3.05) is 23.8 Å². The van der Waals surface area contributed by atoms with E-state index in [0.29, 0.717) is 47.2 Å². The number of aromatic nitrogens is 2. The van der Waals surface area contributed by atoms with Crippen LogP contribution in [0.4, 0.5) is 11.4 Å². The number of aromatic amines is 1. The van der Waals surface area contributed by atoms with E-state index in [1.165, 1.54) is 0 Å². The molecule has 2 amide bonds. The van der Waals surface area contributed by atoms with Gasteiger partial charge in [0, 0.05) is 23.3 Å². The van der Waals surface area contributed by atoms with Gasteiger partial charge in [-0.3, -0.25) is 9.59 Å². The number of carbonyl (C=O) groups is 2. The molecule has 3 N–H and O–H groups in total. The average Bonchev–Trinajstić information content (AvgIpc) is 3.34. The molecule has 0 fully saturated rings. The minimum Gasteiger partial charge on any atom is -0.492 e. The van der Waals surface area contributed by atoms with Gasteiger partial charge in [0.25, 0.3) is 11.8 Å². The number of fused-ring (bicyclic) bond motifs is 1. The van der Waals surface area contributed by atoms with Crippen LogP contribution < -0.4 is 20.1 Å². The lowest BCUT2D eigenvalue weighted by Gasteiger charge is -2.19. The lowest BCUT2D eigenvalue weighted by molar-refractivity contribution is 0.101. The first kappa shape index (κ1) is 25.8. The molecule has 1 aromatic heterocycles. The third-order valence-corrected chi connectivity index (χ3v) is 5.87. The van der Waals surface area contributed by atoms with Crippen LogP contribution in [0, 0.1) is 0 Å². The van der Waals surface area contributed by atoms with E-state index >= 15 is 0 Å². The van der Waals surface area contributed by atoms with Crippen LogP contribution >= 0.6 is 0 Å². The molecular weight excluding hydrogens is 468 g/mol. The van der Waals surface area contributed by atoms with Gasteiger partial charge >= 0.3 is 0 Å². The Morgan fingerprint density at radius 3 is 1.89 bits per heavy atom. The normalized spacial score (nSPS) is 11.3. The van der Waals surface area contributed by atoms with Crippen LogP contribution in [0.2, 0.25) is 0 Å². The molecule has 0 unspecified atom stereocenters. The summed E-state index contributed by atoms with van der Waals surface area (Å²) in [4.78, 5) is 33.3. The van der Waals surface area contributed by atoms with Crippen molar-refractivity contribution in [3.8, 4) is 11.5 Å². The minimum absolute atomic E-state index is 0.00606. The molecule has 1 heterocycles. The number of hydrogen-bond acceptors (Lipinski definition) is 5. The molecule has 0 atom stereocenters. The average molecular weight is 501 g/mol. The number of rotatable bonds is 8. The SMILES string of the molecule is CCOc1cc(NC(=O)c2ccc3nc[nH]c3c2)c(OCC)cc1NC(=O)c1ccc(C(C)(C)C)cc1. The third kappa shape index (κ3) is 5.91. The van der Waals surface area contributed by atoms with Crippen molar-refractivity contribution in [3.05, 3.63) is 77.6 Å². The molecule has 0 saturated heterocycles. The molecule has 0 saturated carbocycles. The van der Waals surface area contributed by atoms with Gasteiger partial charge in [0.15, 0.2) is 0 Å². The van der Waals surface area contributed by atoms with Crippen molar-refractivity contribution >= 4 is 34.2 Å². The number of hydrogen-bond donors (Lipinski definition) is 3. The topological polar surface area (TPSA) is 105 Å². The predicted molar refractivity (Wildman–Crippen MR) is 146 cm³/mol. The summed E-state index contributed by atoms with van der Waals surface area (Å²) in [5.41, 5.74) is 4.56. The first-order chi connectivity index (χ1) is 17.7. The number of amides is 2. The molecule has 4 aromatic rings. The molecule has 0 spiro atoms. The van der Waals surface area contributed by atoms with Crippen LogP contribution in [-0.2, 0) is 5.41 Å². The van der Waals surface area contributed by atoms with Crippen molar-refractivity contribution in [1.82, 2.24) is 9.97 Å². The van der Waals surface area contributed by atoms with Crippen LogP contribution in [0.1, 0.15) is 60.9 Å². The summed E-state index contributed by atoms with van der Waals surface area (Å²) in [5.74, 6) is 0.259. The van der Waals surface area contributed by atoms with E-state index in [-0.39, 0.29) is 17.2 Å². The second-order valence-corrected chi connectivity index (χ2v) is 9.58. The molecule has 8 nitrogen and oxygen atoms in total. The minimum atomic E-state index is -0.310. The molecule has 192 valence electrons. The summed E-state index contributed by atoms with van der Waals surface area (Å²) in [6.07, 6.45) is 1.58. The second-order valence-electron chi connectivity index (χ2n) is 9.58. The van der Waals surface area contributed by atoms with Crippen molar-refractivity contribution in [1.29, 1.82) is 0 Å². The Morgan fingerprint density at radius 2 is 1.35 bits per heavy atom. The number of carbonyl (C=O) groups excluding carboxylic acids is 2. The van der Waals surface area contributed by atoms with Crippen molar-refractivity contribution in [2.45, 2.75) is 40.0 Å². The predicted octanol–water partition coefficient (Wildman–Crippen LogP) is 6.16. The third-order valence-electron chi connectivity index (χ3n) is 5.87. The van der Waals surface area contributed by atoms with Gasteiger partial charge in [0.1, 0.15) is 11.5 Å². The number of ether oxygens (including phenoxy) is 2. The fraction of sp³-hybridized carbons (Fsp3) is 0.276. The monoisotopic (exact) mass is 500 g/mol. The van der Waals surface area contributed by atoms with Gasteiger partial charge in [0.05, 0.1) is 41.9 Å². The highest BCUT2D eigenvalue weighted by atomic mass is 16.5. The van der Waals surface area contributed by atoms with Crippen LogP contribution in [0.15, 0.2) is 60.9 Å². The quantitative estimate of drug-likeness (QED) is 0.269. The first-order valence-electron chi connectivity index (χ1n) is 12.3. The number of benzene rings is 3. The summed E-state index contributed by atoms with van der Waals surface area (Å²) in [7, 11) is 0. The Bertz CT molecular complexity index is 1420. The van der Waals surface area contributed by atoms with E-state index in [2.05, 4.69) is 41.4 Å². The zero-order chi connectivity index (χ0) is 26.6. The Hall–Kier alpha value is -4.33. The highest BCUT2D eigenvalue weighted by Gasteiger charge is 2.19. The van der Waals surface area contributed by atoms with Gasteiger partial charge in [0.2, 0.25) is 0 Å². The molecule has 0 radical (unpaired) electrons. The van der Waals surface area contributed by atoms with E-state index in [4.69, 9.17) is 9.47 Å². The molecule has 37 heavy (non-hydrogen) atoms. The van der Waals surface area contributed by atoms with Crippen molar-refractivity contribution < 1.29 is 19.1 Å². The van der Waals surface area contributed by atoms with Crippen molar-refractivity contribution in [3.63, 3.8) is 0 Å². The highest BCUT2D eigenvalue weighted by Crippen LogP contribution is 2.37. The van der Waals surface area contributed by atoms with Crippen LogP contribution in [0.3, 0.4) is 0 Å². The molecule has 4 rings (SSSR count). The van der Waals surface area contributed by atoms with Gasteiger partial charge in [-0.1, -0.05) is 32.9 Å². The van der Waals surface area contributed by atoms with Crippen molar-refractivity contribution in [2.24, 2.45) is 0 Å². The Labute approximate surface area is 216 Å². The maximum atomic E-state index is 13.0. The number of nitrogens with one attached hydrogen (secondary N) is 3. The Balaban J connectivity index is 1.61. The maximum absolute atomic E-state index is 13.0. The van der Waals surface area contributed by atoms with Crippen LogP contribution in [0.5, 0.6) is 11.5 Å². The number of imidazole rings is 1. The molecule has 8 heteroatoms. The number of nitrogens with zero attached hydrogens (tertiary/aromatic N) is 1. The van der Waals surface area contributed by atoms with Crippen LogP contribution in [-0.4, -0.2) is 35.0 Å². The summed E-state index contributed by atoms with van der Waals surface area (Å²) in [5, 5.41) is 5.84.